The van der Waals surface area contributed by atoms with Crippen LogP contribution < -0.4 is 10.6 Å². The van der Waals surface area contributed by atoms with Gasteiger partial charge < -0.3 is 20.2 Å². The van der Waals surface area contributed by atoms with Crippen LogP contribution in [0.5, 0.6) is 0 Å². The van der Waals surface area contributed by atoms with Crippen molar-refractivity contribution >= 4 is 24.2 Å². The maximum Gasteiger partial charge on any atom is 0.338 e. The number of amides is 3. The summed E-state index contributed by atoms with van der Waals surface area (Å²) in [5, 5.41) is 15.4. The van der Waals surface area contributed by atoms with E-state index in [1.165, 1.54) is 24.3 Å². The van der Waals surface area contributed by atoms with E-state index in [1.54, 1.807) is 0 Å². The summed E-state index contributed by atoms with van der Waals surface area (Å²) in [4.78, 5) is 53.8. The SMILES string of the molecule is CCCCC[C@H](CN(C=O)OCc1ccccc1)C(=O)NCNC(=O)c1ccc(-c2cccc(C(=O)O)c2F)o1. The molecular formula is C29H32FN3O7. The first kappa shape index (κ1) is 30.0. The number of carboxylic acid groups (broad SMARTS) is 1. The Bertz CT molecular complexity index is 1300. The monoisotopic (exact) mass is 553 g/mol. The molecule has 0 aliphatic carbocycles. The van der Waals surface area contributed by atoms with Crippen LogP contribution in [0.3, 0.4) is 0 Å². The van der Waals surface area contributed by atoms with Crippen molar-refractivity contribution < 1.29 is 37.9 Å². The molecule has 3 N–H and O–H groups in total. The van der Waals surface area contributed by atoms with Crippen molar-refractivity contribution in [3.8, 4) is 11.3 Å². The van der Waals surface area contributed by atoms with Crippen LogP contribution in [-0.2, 0) is 21.0 Å². The molecule has 40 heavy (non-hydrogen) atoms. The maximum absolute atomic E-state index is 14.5. The molecule has 0 spiro atoms. The minimum absolute atomic E-state index is 0.0183. The van der Waals surface area contributed by atoms with Crippen LogP contribution in [0.4, 0.5) is 4.39 Å². The minimum atomic E-state index is -1.42. The van der Waals surface area contributed by atoms with Crippen molar-refractivity contribution in [1.82, 2.24) is 15.7 Å². The van der Waals surface area contributed by atoms with Gasteiger partial charge in [-0.15, -0.1) is 0 Å². The summed E-state index contributed by atoms with van der Waals surface area (Å²) in [7, 11) is 0. The lowest BCUT2D eigenvalue weighted by Crippen LogP contribution is -2.43. The van der Waals surface area contributed by atoms with E-state index >= 15 is 0 Å². The first-order chi connectivity index (χ1) is 19.3. The van der Waals surface area contributed by atoms with Gasteiger partial charge in [-0.05, 0) is 36.2 Å². The zero-order valence-corrected chi connectivity index (χ0v) is 22.1. The highest BCUT2D eigenvalue weighted by molar-refractivity contribution is 5.93. The van der Waals surface area contributed by atoms with Crippen LogP contribution in [0.1, 0.15) is 59.1 Å². The molecule has 1 aromatic heterocycles. The van der Waals surface area contributed by atoms with Crippen LogP contribution in [-0.4, -0.2) is 47.6 Å². The predicted molar refractivity (Wildman–Crippen MR) is 143 cm³/mol. The number of carboxylic acids is 1. The summed E-state index contributed by atoms with van der Waals surface area (Å²) in [5.41, 5.74) is 0.258. The summed E-state index contributed by atoms with van der Waals surface area (Å²) in [5.74, 6) is -4.16. The van der Waals surface area contributed by atoms with Crippen molar-refractivity contribution in [2.24, 2.45) is 5.92 Å². The molecule has 3 amide bonds. The molecule has 0 radical (unpaired) electrons. The molecule has 11 heteroatoms. The number of aromatic carboxylic acids is 1. The number of carbonyl (C=O) groups is 4. The lowest BCUT2D eigenvalue weighted by Gasteiger charge is -2.23. The molecule has 3 rings (SSSR count). The fourth-order valence-electron chi connectivity index (χ4n) is 3.96. The van der Waals surface area contributed by atoms with Gasteiger partial charge in [0, 0.05) is 0 Å². The molecule has 0 fully saturated rings. The number of halogens is 1. The van der Waals surface area contributed by atoms with E-state index in [0.717, 1.165) is 36.0 Å². The normalized spacial score (nSPS) is 11.4. The van der Waals surface area contributed by atoms with Crippen LogP contribution in [0.25, 0.3) is 11.3 Å². The second kappa shape index (κ2) is 15.2. The average molecular weight is 554 g/mol. The summed E-state index contributed by atoms with van der Waals surface area (Å²) in [6.45, 7) is 2.05. The van der Waals surface area contributed by atoms with Crippen LogP contribution in [0.2, 0.25) is 0 Å². The third-order valence-electron chi connectivity index (χ3n) is 6.12. The highest BCUT2D eigenvalue weighted by atomic mass is 19.1. The first-order valence-corrected chi connectivity index (χ1v) is 12.9. The Morgan fingerprint density at radius 1 is 1.05 bits per heavy atom. The highest BCUT2D eigenvalue weighted by Crippen LogP contribution is 2.27. The number of hydrogen-bond acceptors (Lipinski definition) is 6. The third kappa shape index (κ3) is 8.50. The number of benzene rings is 2. The third-order valence-corrected chi connectivity index (χ3v) is 6.12. The molecule has 2 aromatic carbocycles. The predicted octanol–water partition coefficient (Wildman–Crippen LogP) is 4.37. The summed E-state index contributed by atoms with van der Waals surface area (Å²) in [6, 6.07) is 15.8. The Morgan fingerprint density at radius 2 is 1.82 bits per heavy atom. The maximum atomic E-state index is 14.5. The molecule has 10 nitrogen and oxygen atoms in total. The second-order valence-electron chi connectivity index (χ2n) is 9.02. The van der Waals surface area contributed by atoms with E-state index in [0.29, 0.717) is 12.8 Å². The van der Waals surface area contributed by atoms with Crippen molar-refractivity contribution in [2.45, 2.75) is 39.2 Å². The van der Waals surface area contributed by atoms with Crippen LogP contribution >= 0.6 is 0 Å². The Hall–Kier alpha value is -4.51. The summed E-state index contributed by atoms with van der Waals surface area (Å²) < 4.78 is 20.0. The lowest BCUT2D eigenvalue weighted by molar-refractivity contribution is -0.182. The van der Waals surface area contributed by atoms with Crippen LogP contribution in [0, 0.1) is 11.7 Å². The number of hydrogen-bond donors (Lipinski definition) is 3. The number of nitrogens with one attached hydrogen (secondary N) is 2. The van der Waals surface area contributed by atoms with Gasteiger partial charge in [-0.3, -0.25) is 19.2 Å². The van der Waals surface area contributed by atoms with Crippen molar-refractivity contribution in [2.75, 3.05) is 13.2 Å². The Kier molecular flexibility index (Phi) is 11.4. The first-order valence-electron chi connectivity index (χ1n) is 12.9. The molecule has 0 saturated carbocycles. The lowest BCUT2D eigenvalue weighted by atomic mass is 10.0. The number of unbranched alkanes of at least 4 members (excludes halogenated alkanes) is 2. The zero-order chi connectivity index (χ0) is 28.9. The highest BCUT2D eigenvalue weighted by Gasteiger charge is 2.23. The van der Waals surface area contributed by atoms with E-state index in [-0.39, 0.29) is 42.8 Å². The van der Waals surface area contributed by atoms with Crippen LogP contribution in [0.15, 0.2) is 65.1 Å². The van der Waals surface area contributed by atoms with Gasteiger partial charge in [0.05, 0.1) is 30.3 Å². The second-order valence-corrected chi connectivity index (χ2v) is 9.02. The largest absolute Gasteiger partial charge is 0.478 e. The minimum Gasteiger partial charge on any atom is -0.478 e. The molecule has 212 valence electrons. The van der Waals surface area contributed by atoms with E-state index in [9.17, 15) is 23.6 Å². The van der Waals surface area contributed by atoms with Gasteiger partial charge in [0.1, 0.15) is 18.2 Å². The van der Waals surface area contributed by atoms with Gasteiger partial charge in [-0.25, -0.2) is 14.2 Å². The molecule has 1 atom stereocenters. The van der Waals surface area contributed by atoms with Gasteiger partial charge in [0.15, 0.2) is 5.76 Å². The Labute approximate surface area is 231 Å². The topological polar surface area (TPSA) is 138 Å². The average Bonchev–Trinajstić information content (AvgIpc) is 3.45. The number of rotatable bonds is 16. The molecule has 3 aromatic rings. The van der Waals surface area contributed by atoms with E-state index < -0.39 is 29.2 Å². The van der Waals surface area contributed by atoms with Gasteiger partial charge in [0.2, 0.25) is 12.3 Å². The van der Waals surface area contributed by atoms with Crippen molar-refractivity contribution in [1.29, 1.82) is 0 Å². The van der Waals surface area contributed by atoms with Crippen molar-refractivity contribution in [3.63, 3.8) is 0 Å². The molecular weight excluding hydrogens is 521 g/mol. The summed E-state index contributed by atoms with van der Waals surface area (Å²) in [6.07, 6.45) is 3.72. The Balaban J connectivity index is 1.56. The number of furan rings is 1. The van der Waals surface area contributed by atoms with Gasteiger partial charge in [-0.2, -0.15) is 0 Å². The fraction of sp³-hybridized carbons (Fsp3) is 0.310. The summed E-state index contributed by atoms with van der Waals surface area (Å²) >= 11 is 0. The van der Waals surface area contributed by atoms with E-state index in [2.05, 4.69) is 10.6 Å². The molecule has 0 aliphatic rings. The molecule has 0 bridgehead atoms. The van der Waals surface area contributed by atoms with Gasteiger partial charge in [0.25, 0.3) is 5.91 Å². The fourth-order valence-corrected chi connectivity index (χ4v) is 3.96. The number of nitrogens with zero attached hydrogens (tertiary/aromatic N) is 1. The molecule has 0 aliphatic heterocycles. The van der Waals surface area contributed by atoms with E-state index in [1.807, 2.05) is 37.3 Å². The van der Waals surface area contributed by atoms with Crippen molar-refractivity contribution in [3.05, 3.63) is 83.4 Å². The number of hydroxylamine groups is 2. The smallest absolute Gasteiger partial charge is 0.338 e. The molecule has 0 unspecified atom stereocenters. The van der Waals surface area contributed by atoms with E-state index in [4.69, 9.17) is 14.4 Å². The van der Waals surface area contributed by atoms with Gasteiger partial charge in [-0.1, -0.05) is 62.6 Å². The number of carbonyl (C=O) groups excluding carboxylic acids is 3. The zero-order valence-electron chi connectivity index (χ0n) is 22.1. The van der Waals surface area contributed by atoms with Gasteiger partial charge >= 0.3 is 5.97 Å². The molecule has 0 saturated heterocycles. The standard InChI is InChI=1S/C29H32FN3O7/c1-2-3-5-11-21(16-33(19-34)39-17-20-9-6-4-7-10-20)27(35)31-18-32-28(36)25-15-14-24(40-25)22-12-8-13-23(26(22)30)29(37)38/h4,6-10,12-15,19,21H,2-3,5,11,16-18H2,1H3,(H,31,35)(H,32,36)(H,37,38)/t21-/m1/s1. The quantitative estimate of drug-likeness (QED) is 0.104. The Morgan fingerprint density at radius 3 is 2.52 bits per heavy atom. The molecule has 1 heterocycles.